The Labute approximate surface area is 199 Å². The summed E-state index contributed by atoms with van der Waals surface area (Å²) in [7, 11) is 0. The van der Waals surface area contributed by atoms with Gasteiger partial charge in [0.2, 0.25) is 5.91 Å². The number of nitrogens with one attached hydrogen (secondary N) is 1. The maximum absolute atomic E-state index is 12.4. The van der Waals surface area contributed by atoms with Crippen molar-refractivity contribution in [1.29, 1.82) is 0 Å². The number of carbonyl (C=O) groups excluding carboxylic acids is 1. The number of para-hydroxylation sites is 1. The summed E-state index contributed by atoms with van der Waals surface area (Å²) in [5.41, 5.74) is 9.40. The second-order valence-corrected chi connectivity index (χ2v) is 8.77. The molecule has 168 valence electrons. The Morgan fingerprint density at radius 1 is 0.882 bits per heavy atom. The molecule has 0 aliphatic heterocycles. The van der Waals surface area contributed by atoms with Gasteiger partial charge in [-0.1, -0.05) is 84.4 Å². The summed E-state index contributed by atoms with van der Waals surface area (Å²) < 4.78 is 2.25. The molecule has 1 aromatic heterocycles. The van der Waals surface area contributed by atoms with Crippen LogP contribution >= 0.6 is 0 Å². The van der Waals surface area contributed by atoms with Crippen LogP contribution in [0.25, 0.3) is 21.7 Å². The summed E-state index contributed by atoms with van der Waals surface area (Å²) in [6.07, 6.45) is 4.15. The summed E-state index contributed by atoms with van der Waals surface area (Å²) in [6.45, 7) is 4.84. The first-order chi connectivity index (χ1) is 16.6. The minimum Gasteiger partial charge on any atom is -0.342 e. The van der Waals surface area contributed by atoms with Gasteiger partial charge in [-0.25, -0.2) is 5.43 Å². The summed E-state index contributed by atoms with van der Waals surface area (Å²) in [5, 5.41) is 7.88. The first-order valence-corrected chi connectivity index (χ1v) is 11.5. The third-order valence-electron chi connectivity index (χ3n) is 6.28. The van der Waals surface area contributed by atoms with Crippen molar-refractivity contribution >= 4 is 33.8 Å². The standard InChI is InChI=1S/C30H27N3O/c1-21-14-15-24(22(2)16-21)17-30(34)32-31-18-26-20-33(29-13-6-5-12-28(26)29)19-25-10-7-9-23-8-3-4-11-27(23)25/h3-16,18,20H,17,19H2,1-2H3,(H,32,34)/b31-18+. The van der Waals surface area contributed by atoms with E-state index in [1.165, 1.54) is 21.9 Å². The van der Waals surface area contributed by atoms with Gasteiger partial charge in [-0.05, 0) is 47.4 Å². The predicted molar refractivity (Wildman–Crippen MR) is 140 cm³/mol. The first-order valence-electron chi connectivity index (χ1n) is 11.5. The zero-order chi connectivity index (χ0) is 23.5. The van der Waals surface area contributed by atoms with E-state index in [2.05, 4.69) is 94.9 Å². The molecule has 5 rings (SSSR count). The molecule has 0 radical (unpaired) electrons. The molecule has 0 saturated carbocycles. The molecule has 1 heterocycles. The zero-order valence-corrected chi connectivity index (χ0v) is 19.5. The fraction of sp³-hybridized carbons (Fsp3) is 0.133. The highest BCUT2D eigenvalue weighted by atomic mass is 16.2. The number of hydrogen-bond donors (Lipinski definition) is 1. The Bertz CT molecular complexity index is 1520. The Morgan fingerprint density at radius 3 is 2.50 bits per heavy atom. The van der Waals surface area contributed by atoms with Gasteiger partial charge in [0.05, 0.1) is 12.6 Å². The van der Waals surface area contributed by atoms with Crippen molar-refractivity contribution in [1.82, 2.24) is 9.99 Å². The van der Waals surface area contributed by atoms with E-state index in [0.29, 0.717) is 6.42 Å². The number of rotatable bonds is 6. The molecule has 4 aromatic carbocycles. The van der Waals surface area contributed by atoms with Crippen molar-refractivity contribution in [3.05, 3.63) is 119 Å². The maximum atomic E-state index is 12.4. The van der Waals surface area contributed by atoms with E-state index in [9.17, 15) is 4.79 Å². The molecule has 4 heteroatoms. The second kappa shape index (κ2) is 9.36. The fourth-order valence-corrected chi connectivity index (χ4v) is 4.55. The minimum atomic E-state index is -0.123. The molecule has 4 nitrogen and oxygen atoms in total. The smallest absolute Gasteiger partial charge is 0.244 e. The van der Waals surface area contributed by atoms with Gasteiger partial charge in [-0.3, -0.25) is 4.79 Å². The molecular formula is C30H27N3O. The third-order valence-corrected chi connectivity index (χ3v) is 6.28. The molecule has 5 aromatic rings. The fourth-order valence-electron chi connectivity index (χ4n) is 4.55. The Balaban J connectivity index is 1.37. The highest BCUT2D eigenvalue weighted by molar-refractivity contribution is 6.00. The molecule has 34 heavy (non-hydrogen) atoms. The number of aryl methyl sites for hydroxylation is 2. The van der Waals surface area contributed by atoms with Gasteiger partial charge in [-0.15, -0.1) is 0 Å². The van der Waals surface area contributed by atoms with Crippen LogP contribution in [-0.2, 0) is 17.8 Å². The van der Waals surface area contributed by atoms with Gasteiger partial charge in [-0.2, -0.15) is 5.10 Å². The van der Waals surface area contributed by atoms with Crippen LogP contribution in [0.3, 0.4) is 0 Å². The lowest BCUT2D eigenvalue weighted by Gasteiger charge is -2.09. The van der Waals surface area contributed by atoms with Crippen LogP contribution in [0.4, 0.5) is 0 Å². The van der Waals surface area contributed by atoms with E-state index in [1.807, 2.05) is 25.1 Å². The number of hydrazone groups is 1. The number of aromatic nitrogens is 1. The van der Waals surface area contributed by atoms with E-state index in [-0.39, 0.29) is 5.91 Å². The highest BCUT2D eigenvalue weighted by Gasteiger charge is 2.10. The van der Waals surface area contributed by atoms with Crippen LogP contribution in [0, 0.1) is 13.8 Å². The number of hydrogen-bond acceptors (Lipinski definition) is 2. The summed E-state index contributed by atoms with van der Waals surface area (Å²) in [4.78, 5) is 12.4. The molecule has 0 aliphatic rings. The molecular weight excluding hydrogens is 418 g/mol. The molecule has 0 saturated heterocycles. The lowest BCUT2D eigenvalue weighted by atomic mass is 10.0. The van der Waals surface area contributed by atoms with Crippen LogP contribution in [0.1, 0.15) is 27.8 Å². The summed E-state index contributed by atoms with van der Waals surface area (Å²) in [6, 6.07) is 29.3. The van der Waals surface area contributed by atoms with E-state index >= 15 is 0 Å². The van der Waals surface area contributed by atoms with Gasteiger partial charge >= 0.3 is 0 Å². The zero-order valence-electron chi connectivity index (χ0n) is 19.5. The monoisotopic (exact) mass is 445 g/mol. The molecule has 0 spiro atoms. The Hall–Kier alpha value is -4.18. The van der Waals surface area contributed by atoms with Crippen molar-refractivity contribution in [3.63, 3.8) is 0 Å². The normalized spacial score (nSPS) is 11.5. The van der Waals surface area contributed by atoms with Crippen LogP contribution in [0.5, 0.6) is 0 Å². The van der Waals surface area contributed by atoms with E-state index in [1.54, 1.807) is 6.21 Å². The van der Waals surface area contributed by atoms with Gasteiger partial charge in [0.15, 0.2) is 0 Å². The molecule has 1 amide bonds. The number of carbonyl (C=O) groups is 1. The Kier molecular flexibility index (Phi) is 5.96. The number of amides is 1. The number of fused-ring (bicyclic) bond motifs is 2. The predicted octanol–water partition coefficient (Wildman–Crippen LogP) is 6.15. The lowest BCUT2D eigenvalue weighted by Crippen LogP contribution is -2.20. The van der Waals surface area contributed by atoms with Crippen LogP contribution in [-0.4, -0.2) is 16.7 Å². The topological polar surface area (TPSA) is 46.4 Å². The van der Waals surface area contributed by atoms with Gasteiger partial charge < -0.3 is 4.57 Å². The molecule has 0 bridgehead atoms. The van der Waals surface area contributed by atoms with E-state index in [0.717, 1.165) is 34.1 Å². The van der Waals surface area contributed by atoms with Gasteiger partial charge in [0, 0.05) is 29.2 Å². The molecule has 1 N–H and O–H groups in total. The average Bonchev–Trinajstić information content (AvgIpc) is 3.18. The van der Waals surface area contributed by atoms with Gasteiger partial charge in [0.25, 0.3) is 0 Å². The first kappa shape index (κ1) is 21.7. The van der Waals surface area contributed by atoms with Crippen molar-refractivity contribution in [3.8, 4) is 0 Å². The van der Waals surface area contributed by atoms with Crippen molar-refractivity contribution < 1.29 is 4.79 Å². The van der Waals surface area contributed by atoms with Crippen LogP contribution in [0.2, 0.25) is 0 Å². The second-order valence-electron chi connectivity index (χ2n) is 8.77. The van der Waals surface area contributed by atoms with Crippen molar-refractivity contribution in [2.24, 2.45) is 5.10 Å². The number of nitrogens with zero attached hydrogens (tertiary/aromatic N) is 2. The molecule has 0 atom stereocenters. The minimum absolute atomic E-state index is 0.123. The van der Waals surface area contributed by atoms with Crippen molar-refractivity contribution in [2.45, 2.75) is 26.8 Å². The highest BCUT2D eigenvalue weighted by Crippen LogP contribution is 2.24. The summed E-state index contributed by atoms with van der Waals surface area (Å²) in [5.74, 6) is -0.123. The van der Waals surface area contributed by atoms with Gasteiger partial charge in [0.1, 0.15) is 0 Å². The SMILES string of the molecule is Cc1ccc(CC(=O)N/N=C/c2cn(Cc3cccc4ccccc34)c3ccccc23)c(C)c1. The molecule has 0 fully saturated rings. The van der Waals surface area contributed by atoms with E-state index in [4.69, 9.17) is 0 Å². The maximum Gasteiger partial charge on any atom is 0.244 e. The third kappa shape index (κ3) is 4.48. The van der Waals surface area contributed by atoms with E-state index < -0.39 is 0 Å². The largest absolute Gasteiger partial charge is 0.342 e. The summed E-state index contributed by atoms with van der Waals surface area (Å²) >= 11 is 0. The quantitative estimate of drug-likeness (QED) is 0.247. The van der Waals surface area contributed by atoms with Crippen LogP contribution < -0.4 is 5.43 Å². The van der Waals surface area contributed by atoms with Crippen LogP contribution in [0.15, 0.2) is 96.2 Å². The lowest BCUT2D eigenvalue weighted by molar-refractivity contribution is -0.120. The number of benzene rings is 4. The molecule has 0 unspecified atom stereocenters. The van der Waals surface area contributed by atoms with Crippen molar-refractivity contribution in [2.75, 3.05) is 0 Å². The average molecular weight is 446 g/mol. The Morgan fingerprint density at radius 2 is 1.65 bits per heavy atom. The molecule has 0 aliphatic carbocycles.